The van der Waals surface area contributed by atoms with Crippen LogP contribution in [0.15, 0.2) is 84.6 Å². The molecule has 26 heavy (non-hydrogen) atoms. The minimum Gasteiger partial charge on any atom is -0.481 e. The minimum absolute atomic E-state index is 0.0172. The lowest BCUT2D eigenvalue weighted by Gasteiger charge is -2.29. The zero-order chi connectivity index (χ0) is 17.9. The van der Waals surface area contributed by atoms with Crippen molar-refractivity contribution in [1.29, 1.82) is 0 Å². The van der Waals surface area contributed by atoms with E-state index in [0.29, 0.717) is 5.76 Å². The number of carbonyl (C=O) groups excluding carboxylic acids is 1. The largest absolute Gasteiger partial charge is 0.481 e. The molecule has 0 unspecified atom stereocenters. The average Bonchev–Trinajstić information content (AvgIpc) is 2.73. The molecule has 0 N–H and O–H groups in total. The second-order valence-corrected chi connectivity index (χ2v) is 7.27. The summed E-state index contributed by atoms with van der Waals surface area (Å²) in [5.74, 6) is 0.642. The number of rotatable bonds is 3. The van der Waals surface area contributed by atoms with Gasteiger partial charge in [-0.1, -0.05) is 78.5 Å². The van der Waals surface area contributed by atoms with Crippen LogP contribution in [0, 0.1) is 0 Å². The monoisotopic (exact) mass is 360 g/mol. The molecule has 0 bridgehead atoms. The SMILES string of the molecule is CSC(=O)C1=C[C@@H](c2ccccc2)C[C@@H](c2ccc3ccccc3c2)O1. The van der Waals surface area contributed by atoms with E-state index in [4.69, 9.17) is 4.74 Å². The van der Waals surface area contributed by atoms with Gasteiger partial charge in [-0.2, -0.15) is 0 Å². The van der Waals surface area contributed by atoms with Crippen LogP contribution in [0.3, 0.4) is 0 Å². The lowest BCUT2D eigenvalue weighted by Crippen LogP contribution is -2.18. The van der Waals surface area contributed by atoms with Crippen LogP contribution in [0.25, 0.3) is 10.8 Å². The third-order valence-electron chi connectivity index (χ3n) is 4.85. The van der Waals surface area contributed by atoms with E-state index in [1.165, 1.54) is 28.1 Å². The van der Waals surface area contributed by atoms with Crippen LogP contribution >= 0.6 is 11.8 Å². The van der Waals surface area contributed by atoms with Crippen molar-refractivity contribution in [3.8, 4) is 0 Å². The molecule has 1 heterocycles. The number of thioether (sulfide) groups is 1. The smallest absolute Gasteiger partial charge is 0.253 e. The van der Waals surface area contributed by atoms with Crippen molar-refractivity contribution in [2.75, 3.05) is 6.26 Å². The first-order valence-electron chi connectivity index (χ1n) is 8.75. The summed E-state index contributed by atoms with van der Waals surface area (Å²) in [7, 11) is 0. The summed E-state index contributed by atoms with van der Waals surface area (Å²) in [6.45, 7) is 0. The van der Waals surface area contributed by atoms with Gasteiger partial charge in [0.2, 0.25) is 0 Å². The van der Waals surface area contributed by atoms with Gasteiger partial charge in [-0.15, -0.1) is 0 Å². The maximum atomic E-state index is 12.3. The van der Waals surface area contributed by atoms with E-state index < -0.39 is 0 Å². The number of ether oxygens (including phenoxy) is 1. The number of fused-ring (bicyclic) bond motifs is 1. The third kappa shape index (κ3) is 3.40. The molecular weight excluding hydrogens is 340 g/mol. The van der Waals surface area contributed by atoms with Crippen molar-refractivity contribution in [2.45, 2.75) is 18.4 Å². The summed E-state index contributed by atoms with van der Waals surface area (Å²) in [6, 6.07) is 25.1. The second kappa shape index (κ2) is 7.38. The number of hydrogen-bond donors (Lipinski definition) is 0. The Morgan fingerprint density at radius 1 is 0.923 bits per heavy atom. The maximum Gasteiger partial charge on any atom is 0.253 e. The van der Waals surface area contributed by atoms with Crippen molar-refractivity contribution < 1.29 is 9.53 Å². The summed E-state index contributed by atoms with van der Waals surface area (Å²) in [5, 5.41) is 2.39. The minimum atomic E-state index is -0.124. The summed E-state index contributed by atoms with van der Waals surface area (Å²) >= 11 is 1.20. The fourth-order valence-corrected chi connectivity index (χ4v) is 3.80. The van der Waals surface area contributed by atoms with E-state index in [9.17, 15) is 4.79 Å². The molecular formula is C23H20O2S. The molecule has 1 aliphatic rings. The Kier molecular flexibility index (Phi) is 4.81. The van der Waals surface area contributed by atoms with Gasteiger partial charge in [0.1, 0.15) is 6.10 Å². The highest BCUT2D eigenvalue weighted by Gasteiger charge is 2.29. The molecule has 2 atom stereocenters. The van der Waals surface area contributed by atoms with Gasteiger partial charge in [-0.3, -0.25) is 4.79 Å². The van der Waals surface area contributed by atoms with Crippen molar-refractivity contribution in [3.63, 3.8) is 0 Å². The predicted octanol–water partition coefficient (Wildman–Crippen LogP) is 5.86. The quantitative estimate of drug-likeness (QED) is 0.585. The van der Waals surface area contributed by atoms with Crippen LogP contribution in [0.4, 0.5) is 0 Å². The number of benzene rings is 3. The molecule has 2 nitrogen and oxygen atoms in total. The molecule has 3 aromatic rings. The van der Waals surface area contributed by atoms with Crippen molar-refractivity contribution in [2.24, 2.45) is 0 Å². The Hall–Kier alpha value is -2.52. The average molecular weight is 360 g/mol. The van der Waals surface area contributed by atoms with Crippen LogP contribution in [0.5, 0.6) is 0 Å². The van der Waals surface area contributed by atoms with Gasteiger partial charge in [0, 0.05) is 5.92 Å². The van der Waals surface area contributed by atoms with Crippen LogP contribution in [-0.2, 0) is 9.53 Å². The Morgan fingerprint density at radius 3 is 2.42 bits per heavy atom. The van der Waals surface area contributed by atoms with Crippen LogP contribution in [0.1, 0.15) is 29.6 Å². The first-order chi connectivity index (χ1) is 12.7. The molecule has 0 fully saturated rings. The van der Waals surface area contributed by atoms with Gasteiger partial charge in [-0.05, 0) is 46.7 Å². The van der Waals surface area contributed by atoms with Crippen molar-refractivity contribution in [3.05, 3.63) is 95.8 Å². The third-order valence-corrected chi connectivity index (χ3v) is 5.42. The van der Waals surface area contributed by atoms with Gasteiger partial charge in [0.15, 0.2) is 5.76 Å². The number of carbonyl (C=O) groups is 1. The summed E-state index contributed by atoms with van der Waals surface area (Å²) in [6.07, 6.45) is 4.48. The Bertz CT molecular complexity index is 962. The molecule has 0 spiro atoms. The molecule has 1 aliphatic heterocycles. The number of hydrogen-bond acceptors (Lipinski definition) is 3. The topological polar surface area (TPSA) is 26.3 Å². The van der Waals surface area contributed by atoms with E-state index in [-0.39, 0.29) is 17.1 Å². The van der Waals surface area contributed by atoms with Gasteiger partial charge < -0.3 is 4.74 Å². The van der Waals surface area contributed by atoms with Gasteiger partial charge in [-0.25, -0.2) is 0 Å². The highest BCUT2D eigenvalue weighted by atomic mass is 32.2. The van der Waals surface area contributed by atoms with Gasteiger partial charge in [0.25, 0.3) is 5.12 Å². The molecule has 0 saturated heterocycles. The van der Waals surface area contributed by atoms with E-state index in [0.717, 1.165) is 12.0 Å². The predicted molar refractivity (Wildman–Crippen MR) is 108 cm³/mol. The summed E-state index contributed by atoms with van der Waals surface area (Å²) in [4.78, 5) is 12.3. The van der Waals surface area contributed by atoms with E-state index in [2.05, 4.69) is 42.5 Å². The lowest BCUT2D eigenvalue weighted by molar-refractivity contribution is -0.112. The van der Waals surface area contributed by atoms with E-state index >= 15 is 0 Å². The standard InChI is InChI=1S/C23H20O2S/c1-26-23(24)22-15-20(16-7-3-2-4-8-16)14-21(25-22)19-12-11-17-9-5-6-10-18(17)13-19/h2-13,15,20-21H,14H2,1H3/t20-,21-/m0/s1. The van der Waals surface area contributed by atoms with E-state index in [1.54, 1.807) is 6.26 Å². The molecule has 0 radical (unpaired) electrons. The molecule has 0 saturated carbocycles. The lowest BCUT2D eigenvalue weighted by atomic mass is 9.88. The molecule has 130 valence electrons. The second-order valence-electron chi connectivity index (χ2n) is 6.49. The van der Waals surface area contributed by atoms with E-state index in [1.807, 2.05) is 36.4 Å². The molecule has 0 amide bonds. The van der Waals surface area contributed by atoms with Crippen LogP contribution in [0.2, 0.25) is 0 Å². The van der Waals surface area contributed by atoms with Crippen LogP contribution in [-0.4, -0.2) is 11.4 Å². The molecule has 0 aromatic heterocycles. The summed E-state index contributed by atoms with van der Waals surface area (Å²) < 4.78 is 6.12. The zero-order valence-corrected chi connectivity index (χ0v) is 15.4. The van der Waals surface area contributed by atoms with Gasteiger partial charge in [0.05, 0.1) is 0 Å². The number of allylic oxidation sites excluding steroid dienone is 1. The molecule has 3 aromatic carbocycles. The first kappa shape index (κ1) is 16.9. The highest BCUT2D eigenvalue weighted by molar-refractivity contribution is 8.13. The first-order valence-corrected chi connectivity index (χ1v) is 9.97. The van der Waals surface area contributed by atoms with Crippen molar-refractivity contribution >= 4 is 27.6 Å². The van der Waals surface area contributed by atoms with Crippen LogP contribution < -0.4 is 0 Å². The fourth-order valence-electron chi connectivity index (χ4n) is 3.48. The Morgan fingerprint density at radius 2 is 1.65 bits per heavy atom. The molecule has 0 aliphatic carbocycles. The zero-order valence-electron chi connectivity index (χ0n) is 14.6. The maximum absolute atomic E-state index is 12.3. The normalized spacial score (nSPS) is 19.7. The fraction of sp³-hybridized carbons (Fsp3) is 0.174. The summed E-state index contributed by atoms with van der Waals surface area (Å²) in [5.41, 5.74) is 2.33. The Balaban J connectivity index is 1.71. The Labute approximate surface area is 157 Å². The van der Waals surface area contributed by atoms with Gasteiger partial charge >= 0.3 is 0 Å². The molecule has 4 rings (SSSR count). The molecule has 3 heteroatoms. The van der Waals surface area contributed by atoms with Crippen molar-refractivity contribution in [1.82, 2.24) is 0 Å². The highest BCUT2D eigenvalue weighted by Crippen LogP contribution is 2.40.